The lowest BCUT2D eigenvalue weighted by molar-refractivity contribution is 0.0427. The molecular formula is C23H29N3O3. The van der Waals surface area contributed by atoms with Crippen LogP contribution in [0.2, 0.25) is 0 Å². The Kier molecular flexibility index (Phi) is 5.46. The van der Waals surface area contributed by atoms with E-state index < -0.39 is 5.91 Å². The van der Waals surface area contributed by atoms with Gasteiger partial charge in [0.2, 0.25) is 0 Å². The minimum absolute atomic E-state index is 0.144. The zero-order valence-electron chi connectivity index (χ0n) is 17.0. The number of carbonyl (C=O) groups is 2. The lowest BCUT2D eigenvalue weighted by Crippen LogP contribution is -2.50. The molecule has 4 rings (SSSR count). The van der Waals surface area contributed by atoms with E-state index in [9.17, 15) is 9.59 Å². The number of nitrogens with two attached hydrogens (primary N) is 1. The monoisotopic (exact) mass is 395 g/mol. The Labute approximate surface area is 171 Å². The Morgan fingerprint density at radius 3 is 2.66 bits per heavy atom. The first-order valence-electron chi connectivity index (χ1n) is 10.5. The predicted molar refractivity (Wildman–Crippen MR) is 111 cm³/mol. The van der Waals surface area contributed by atoms with Gasteiger partial charge in [0.1, 0.15) is 5.69 Å². The van der Waals surface area contributed by atoms with Gasteiger partial charge in [0, 0.05) is 11.7 Å². The number of aromatic amines is 1. The first-order chi connectivity index (χ1) is 14.0. The lowest BCUT2D eigenvalue weighted by Gasteiger charge is -2.40. The van der Waals surface area contributed by atoms with Crippen molar-refractivity contribution < 1.29 is 14.3 Å². The highest BCUT2D eigenvalue weighted by atomic mass is 16.5. The Hall–Kier alpha value is -2.60. The van der Waals surface area contributed by atoms with E-state index in [0.29, 0.717) is 47.4 Å². The molecular weight excluding hydrogens is 366 g/mol. The van der Waals surface area contributed by atoms with E-state index in [4.69, 9.17) is 10.5 Å². The maximum Gasteiger partial charge on any atom is 0.268 e. The molecule has 2 aromatic rings. The van der Waals surface area contributed by atoms with Crippen LogP contribution in [0.4, 0.5) is 0 Å². The van der Waals surface area contributed by atoms with Gasteiger partial charge < -0.3 is 20.8 Å². The molecule has 2 amide bonds. The van der Waals surface area contributed by atoms with Crippen molar-refractivity contribution in [1.29, 1.82) is 0 Å². The van der Waals surface area contributed by atoms with Crippen molar-refractivity contribution in [3.8, 4) is 0 Å². The van der Waals surface area contributed by atoms with Gasteiger partial charge in [0.15, 0.2) is 0 Å². The highest BCUT2D eigenvalue weighted by Gasteiger charge is 2.48. The number of aryl methyl sites for hydroxylation is 1. The number of ether oxygens (including phenoxy) is 1. The summed E-state index contributed by atoms with van der Waals surface area (Å²) in [5, 5.41) is 3.17. The topological polar surface area (TPSA) is 97.2 Å². The van der Waals surface area contributed by atoms with Crippen molar-refractivity contribution >= 4 is 11.8 Å². The number of fused-ring (bicyclic) bond motifs is 1. The van der Waals surface area contributed by atoms with E-state index in [0.717, 1.165) is 19.3 Å². The molecule has 0 aliphatic heterocycles. The summed E-state index contributed by atoms with van der Waals surface area (Å²) in [6.07, 6.45) is 3.88. The molecule has 0 spiro atoms. The second-order valence-electron chi connectivity index (χ2n) is 8.33. The summed E-state index contributed by atoms with van der Waals surface area (Å²) in [5.41, 5.74) is 8.96. The van der Waals surface area contributed by atoms with Crippen molar-refractivity contribution in [2.75, 3.05) is 0 Å². The predicted octanol–water partition coefficient (Wildman–Crippen LogP) is 3.10. The van der Waals surface area contributed by atoms with Crippen LogP contribution in [0.3, 0.4) is 0 Å². The first kappa shape index (κ1) is 19.7. The number of benzene rings is 1. The normalized spacial score (nSPS) is 25.3. The largest absolute Gasteiger partial charge is 0.374 e. The van der Waals surface area contributed by atoms with Crippen LogP contribution >= 0.6 is 0 Å². The molecule has 2 unspecified atom stereocenters. The molecule has 6 heteroatoms. The molecule has 1 aromatic carbocycles. The summed E-state index contributed by atoms with van der Waals surface area (Å²) >= 11 is 0. The Morgan fingerprint density at radius 2 is 1.97 bits per heavy atom. The fourth-order valence-electron chi connectivity index (χ4n) is 5.06. The van der Waals surface area contributed by atoms with Crippen molar-refractivity contribution in [2.45, 2.75) is 58.3 Å². The number of nitrogens with one attached hydrogen (secondary N) is 2. The van der Waals surface area contributed by atoms with Gasteiger partial charge >= 0.3 is 0 Å². The molecule has 0 bridgehead atoms. The van der Waals surface area contributed by atoms with E-state index in [1.165, 1.54) is 5.56 Å². The van der Waals surface area contributed by atoms with Crippen molar-refractivity contribution in [3.05, 3.63) is 58.4 Å². The van der Waals surface area contributed by atoms with Crippen LogP contribution in [-0.4, -0.2) is 28.9 Å². The molecule has 0 saturated heterocycles. The van der Waals surface area contributed by atoms with Gasteiger partial charge in [-0.15, -0.1) is 0 Å². The molecule has 0 radical (unpaired) electrons. The quantitative estimate of drug-likeness (QED) is 0.672. The van der Waals surface area contributed by atoms with Gasteiger partial charge in [0.05, 0.1) is 18.3 Å². The molecule has 6 nitrogen and oxygen atoms in total. The minimum atomic E-state index is -0.493. The van der Waals surface area contributed by atoms with Crippen LogP contribution in [0.1, 0.15) is 63.9 Å². The maximum absolute atomic E-state index is 12.9. The number of amides is 2. The third-order valence-electron chi connectivity index (χ3n) is 6.54. The number of aromatic nitrogens is 1. The number of hydrogen-bond acceptors (Lipinski definition) is 3. The third-order valence-corrected chi connectivity index (χ3v) is 6.54. The number of rotatable bonds is 7. The summed E-state index contributed by atoms with van der Waals surface area (Å²) in [6, 6.07) is 10.4. The molecule has 2 aliphatic carbocycles. The number of carbonyl (C=O) groups excluding carboxylic acids is 2. The molecule has 4 N–H and O–H groups in total. The second-order valence-corrected chi connectivity index (χ2v) is 8.33. The van der Waals surface area contributed by atoms with Crippen LogP contribution in [0.15, 0.2) is 30.3 Å². The van der Waals surface area contributed by atoms with Crippen LogP contribution in [0.25, 0.3) is 0 Å². The number of hydrogen-bond donors (Lipinski definition) is 3. The molecule has 154 valence electrons. The molecule has 1 aromatic heterocycles. The van der Waals surface area contributed by atoms with Gasteiger partial charge in [-0.05, 0) is 55.6 Å². The minimum Gasteiger partial charge on any atom is -0.374 e. The highest BCUT2D eigenvalue weighted by Crippen LogP contribution is 2.48. The average molecular weight is 396 g/mol. The third kappa shape index (κ3) is 3.81. The van der Waals surface area contributed by atoms with Gasteiger partial charge in [-0.3, -0.25) is 9.59 Å². The Morgan fingerprint density at radius 1 is 1.21 bits per heavy atom. The van der Waals surface area contributed by atoms with Gasteiger partial charge in [-0.2, -0.15) is 0 Å². The maximum atomic E-state index is 12.9. The summed E-state index contributed by atoms with van der Waals surface area (Å²) in [5.74, 6) is 0.455. The summed E-state index contributed by atoms with van der Waals surface area (Å²) in [4.78, 5) is 27.7. The summed E-state index contributed by atoms with van der Waals surface area (Å²) in [7, 11) is 0. The van der Waals surface area contributed by atoms with E-state index in [-0.39, 0.29) is 18.1 Å². The number of primary amides is 1. The van der Waals surface area contributed by atoms with Crippen molar-refractivity contribution in [1.82, 2.24) is 10.3 Å². The van der Waals surface area contributed by atoms with Gasteiger partial charge in [0.25, 0.3) is 11.8 Å². The molecule has 1 heterocycles. The number of H-pyrrole nitrogens is 1. The Bertz CT molecular complexity index is 906. The zero-order chi connectivity index (χ0) is 20.5. The SMILES string of the molecule is CCc1c(C(=O)NC2C[C@@H]3CC(OCc4ccccc4)C[C@H]23)[nH]c(C)c1C(N)=O. The summed E-state index contributed by atoms with van der Waals surface area (Å²) < 4.78 is 6.12. The van der Waals surface area contributed by atoms with Crippen LogP contribution in [0.5, 0.6) is 0 Å². The smallest absolute Gasteiger partial charge is 0.268 e. The first-order valence-corrected chi connectivity index (χ1v) is 10.5. The Balaban J connectivity index is 1.35. The van der Waals surface area contributed by atoms with Crippen LogP contribution < -0.4 is 11.1 Å². The van der Waals surface area contributed by atoms with Gasteiger partial charge in [-0.25, -0.2) is 0 Å². The lowest BCUT2D eigenvalue weighted by atomic mass is 9.71. The molecule has 2 fully saturated rings. The van der Waals surface area contributed by atoms with Crippen LogP contribution in [0, 0.1) is 18.8 Å². The van der Waals surface area contributed by atoms with E-state index in [1.54, 1.807) is 6.92 Å². The van der Waals surface area contributed by atoms with Gasteiger partial charge in [-0.1, -0.05) is 37.3 Å². The van der Waals surface area contributed by atoms with E-state index in [2.05, 4.69) is 22.4 Å². The molecule has 2 saturated carbocycles. The van der Waals surface area contributed by atoms with E-state index in [1.807, 2.05) is 25.1 Å². The second kappa shape index (κ2) is 8.03. The van der Waals surface area contributed by atoms with E-state index >= 15 is 0 Å². The highest BCUT2D eigenvalue weighted by molar-refractivity contribution is 6.02. The fourth-order valence-corrected chi connectivity index (χ4v) is 5.06. The van der Waals surface area contributed by atoms with Crippen LogP contribution in [-0.2, 0) is 17.8 Å². The van der Waals surface area contributed by atoms with Crippen molar-refractivity contribution in [2.24, 2.45) is 17.6 Å². The fraction of sp³-hybridized carbons (Fsp3) is 0.478. The standard InChI is InChI=1S/C23H29N3O3/c1-3-17-20(22(24)27)13(2)25-21(17)23(28)26-19-10-15-9-16(11-18(15)19)29-12-14-7-5-4-6-8-14/h4-8,15-16,18-19,25H,3,9-12H2,1-2H3,(H2,24,27)(H,26,28)/t15-,16?,18-,19?/m0/s1. The average Bonchev–Trinajstić information content (AvgIpc) is 3.22. The summed E-state index contributed by atoms with van der Waals surface area (Å²) in [6.45, 7) is 4.34. The van der Waals surface area contributed by atoms with Crippen molar-refractivity contribution in [3.63, 3.8) is 0 Å². The molecule has 29 heavy (non-hydrogen) atoms. The zero-order valence-corrected chi connectivity index (χ0v) is 17.0. The molecule has 2 aliphatic rings. The molecule has 4 atom stereocenters.